The van der Waals surface area contributed by atoms with Gasteiger partial charge in [-0.3, -0.25) is 0 Å². The molecule has 0 amide bonds. The van der Waals surface area contributed by atoms with Crippen molar-refractivity contribution in [3.63, 3.8) is 0 Å². The molecule has 1 saturated carbocycles. The van der Waals surface area contributed by atoms with E-state index >= 15 is 0 Å². The first-order chi connectivity index (χ1) is 9.66. The average molecular weight is 303 g/mol. The fourth-order valence-electron chi connectivity index (χ4n) is 3.59. The fraction of sp³-hybridized carbons (Fsp3) is 1.00. The molecule has 20 heavy (non-hydrogen) atoms. The molecule has 2 rings (SSSR count). The van der Waals surface area contributed by atoms with Crippen molar-refractivity contribution in [3.05, 3.63) is 0 Å². The van der Waals surface area contributed by atoms with Crippen LogP contribution in [0.1, 0.15) is 58.3 Å². The van der Waals surface area contributed by atoms with Gasteiger partial charge in [-0.1, -0.05) is 32.6 Å². The van der Waals surface area contributed by atoms with Crippen molar-refractivity contribution in [2.45, 2.75) is 74.8 Å². The van der Waals surface area contributed by atoms with E-state index in [0.717, 1.165) is 32.2 Å². The predicted octanol–water partition coefficient (Wildman–Crippen LogP) is 2.28. The van der Waals surface area contributed by atoms with E-state index < -0.39 is 9.84 Å². The van der Waals surface area contributed by atoms with Crippen molar-refractivity contribution in [2.75, 3.05) is 19.8 Å². The Balaban J connectivity index is 2.14. The van der Waals surface area contributed by atoms with Gasteiger partial charge in [0.05, 0.1) is 10.5 Å². The number of rotatable bonds is 4. The summed E-state index contributed by atoms with van der Waals surface area (Å²) in [5.41, 5.74) is 0. The molecule has 0 aromatic heterocycles. The summed E-state index contributed by atoms with van der Waals surface area (Å²) in [6.07, 6.45) is 7.81. The Hall–Kier alpha value is -0.130. The van der Waals surface area contributed by atoms with Gasteiger partial charge in [-0.2, -0.15) is 0 Å². The van der Waals surface area contributed by atoms with Crippen LogP contribution < -0.4 is 5.32 Å². The molecule has 0 aromatic carbocycles. The number of ether oxygens (including phenoxy) is 1. The van der Waals surface area contributed by atoms with Gasteiger partial charge in [-0.05, 0) is 32.2 Å². The van der Waals surface area contributed by atoms with Gasteiger partial charge >= 0.3 is 0 Å². The summed E-state index contributed by atoms with van der Waals surface area (Å²) in [6.45, 7) is 4.12. The number of hydrogen-bond acceptors (Lipinski definition) is 4. The van der Waals surface area contributed by atoms with E-state index in [0.29, 0.717) is 26.1 Å². The molecule has 0 radical (unpaired) electrons. The molecule has 2 atom stereocenters. The second-order valence-corrected chi connectivity index (χ2v) is 8.55. The van der Waals surface area contributed by atoms with Crippen molar-refractivity contribution in [3.8, 4) is 0 Å². The lowest BCUT2D eigenvalue weighted by molar-refractivity contribution is 0.0980. The van der Waals surface area contributed by atoms with Crippen LogP contribution in [0.4, 0.5) is 0 Å². The van der Waals surface area contributed by atoms with Crippen molar-refractivity contribution in [2.24, 2.45) is 0 Å². The highest BCUT2D eigenvalue weighted by atomic mass is 32.2. The maximum absolute atomic E-state index is 13.0. The molecule has 4 nitrogen and oxygen atoms in total. The third-order valence-corrected chi connectivity index (χ3v) is 7.53. The van der Waals surface area contributed by atoms with Crippen molar-refractivity contribution in [1.82, 2.24) is 5.32 Å². The zero-order valence-corrected chi connectivity index (χ0v) is 13.5. The van der Waals surface area contributed by atoms with Gasteiger partial charge in [0.1, 0.15) is 0 Å². The van der Waals surface area contributed by atoms with E-state index in [-0.39, 0.29) is 16.5 Å². The first-order valence-electron chi connectivity index (χ1n) is 8.20. The quantitative estimate of drug-likeness (QED) is 0.865. The minimum Gasteiger partial charge on any atom is -0.381 e. The monoisotopic (exact) mass is 303 g/mol. The fourth-order valence-corrected chi connectivity index (χ4v) is 6.12. The van der Waals surface area contributed by atoms with E-state index in [1.807, 2.05) is 0 Å². The molecule has 5 heteroatoms. The van der Waals surface area contributed by atoms with E-state index in [1.54, 1.807) is 0 Å². The first kappa shape index (κ1) is 16.2. The molecule has 1 aliphatic carbocycles. The van der Waals surface area contributed by atoms with E-state index in [1.165, 1.54) is 12.8 Å². The second kappa shape index (κ2) is 7.76. The van der Waals surface area contributed by atoms with Gasteiger partial charge in [0.2, 0.25) is 0 Å². The van der Waals surface area contributed by atoms with E-state index in [9.17, 15) is 8.42 Å². The molecular weight excluding hydrogens is 274 g/mol. The van der Waals surface area contributed by atoms with Crippen LogP contribution in [0.25, 0.3) is 0 Å². The first-order valence-corrected chi connectivity index (χ1v) is 9.81. The Kier molecular flexibility index (Phi) is 6.30. The lowest BCUT2D eigenvalue weighted by atomic mass is 9.96. The zero-order chi connectivity index (χ0) is 14.4. The van der Waals surface area contributed by atoms with Crippen LogP contribution in [0.3, 0.4) is 0 Å². The van der Waals surface area contributed by atoms with Crippen LogP contribution in [-0.2, 0) is 14.6 Å². The summed E-state index contributed by atoms with van der Waals surface area (Å²) < 4.78 is 31.3. The van der Waals surface area contributed by atoms with Gasteiger partial charge < -0.3 is 10.1 Å². The molecular formula is C15H29NO3S. The Morgan fingerprint density at radius 1 is 1.00 bits per heavy atom. The molecule has 1 aliphatic heterocycles. The van der Waals surface area contributed by atoms with Crippen molar-refractivity contribution >= 4 is 9.84 Å². The third kappa shape index (κ3) is 3.95. The highest BCUT2D eigenvalue weighted by Crippen LogP contribution is 2.29. The molecule has 1 heterocycles. The molecule has 2 aliphatic rings. The summed E-state index contributed by atoms with van der Waals surface area (Å²) in [6, 6.07) is 0.146. The summed E-state index contributed by atoms with van der Waals surface area (Å²) in [5.74, 6) is 0. The largest absolute Gasteiger partial charge is 0.381 e. The molecule has 2 unspecified atom stereocenters. The van der Waals surface area contributed by atoms with E-state index in [4.69, 9.17) is 4.74 Å². The van der Waals surface area contributed by atoms with Gasteiger partial charge in [-0.15, -0.1) is 0 Å². The summed E-state index contributed by atoms with van der Waals surface area (Å²) in [7, 11) is -3.04. The Bertz CT molecular complexity index is 377. The van der Waals surface area contributed by atoms with Crippen LogP contribution in [0, 0.1) is 0 Å². The molecule has 0 aromatic rings. The Morgan fingerprint density at radius 3 is 2.30 bits per heavy atom. The number of nitrogens with one attached hydrogen (secondary N) is 1. The van der Waals surface area contributed by atoms with E-state index in [2.05, 4.69) is 12.2 Å². The van der Waals surface area contributed by atoms with Crippen LogP contribution >= 0.6 is 0 Å². The van der Waals surface area contributed by atoms with Gasteiger partial charge in [0, 0.05) is 19.3 Å². The van der Waals surface area contributed by atoms with Crippen LogP contribution in [-0.4, -0.2) is 44.7 Å². The normalized spacial score (nSPS) is 30.6. The Morgan fingerprint density at radius 2 is 1.65 bits per heavy atom. The lowest BCUT2D eigenvalue weighted by Gasteiger charge is -2.33. The highest BCUT2D eigenvalue weighted by molar-refractivity contribution is 7.92. The number of sulfone groups is 1. The summed E-state index contributed by atoms with van der Waals surface area (Å²) in [4.78, 5) is 0. The molecule has 118 valence electrons. The second-order valence-electron chi connectivity index (χ2n) is 6.09. The van der Waals surface area contributed by atoms with Crippen molar-refractivity contribution < 1.29 is 13.2 Å². The maximum atomic E-state index is 13.0. The predicted molar refractivity (Wildman–Crippen MR) is 81.7 cm³/mol. The van der Waals surface area contributed by atoms with Gasteiger partial charge in [0.15, 0.2) is 9.84 Å². The molecule has 1 N–H and O–H groups in total. The molecule has 0 bridgehead atoms. The molecule has 1 saturated heterocycles. The van der Waals surface area contributed by atoms with Crippen LogP contribution in [0.5, 0.6) is 0 Å². The van der Waals surface area contributed by atoms with Crippen LogP contribution in [0.15, 0.2) is 0 Å². The van der Waals surface area contributed by atoms with Crippen LogP contribution in [0.2, 0.25) is 0 Å². The topological polar surface area (TPSA) is 55.4 Å². The number of hydrogen-bond donors (Lipinski definition) is 1. The lowest BCUT2D eigenvalue weighted by Crippen LogP contribution is -2.48. The zero-order valence-electron chi connectivity index (χ0n) is 12.6. The minimum absolute atomic E-state index is 0.146. The SMILES string of the molecule is CCNC1CCCCCCC1S(=O)(=O)C1CCOCC1. The maximum Gasteiger partial charge on any atom is 0.157 e. The molecule has 2 fully saturated rings. The molecule has 0 spiro atoms. The average Bonchev–Trinajstić information content (AvgIpc) is 2.43. The summed E-state index contributed by atoms with van der Waals surface area (Å²) in [5, 5.41) is 3.07. The third-order valence-electron chi connectivity index (χ3n) is 4.72. The smallest absolute Gasteiger partial charge is 0.157 e. The van der Waals surface area contributed by atoms with Crippen molar-refractivity contribution in [1.29, 1.82) is 0 Å². The van der Waals surface area contributed by atoms with Gasteiger partial charge in [-0.25, -0.2) is 8.42 Å². The highest BCUT2D eigenvalue weighted by Gasteiger charge is 2.39. The standard InChI is InChI=1S/C15H29NO3S/c1-2-16-14-7-5-3-4-6-8-15(14)20(17,18)13-9-11-19-12-10-13/h13-16H,2-12H2,1H3. The van der Waals surface area contributed by atoms with Gasteiger partial charge in [0.25, 0.3) is 0 Å². The summed E-state index contributed by atoms with van der Waals surface area (Å²) >= 11 is 0. The minimum atomic E-state index is -3.04. The Labute approximate surface area is 123 Å².